The molecular weight excluding hydrogens is 238 g/mol. The first-order valence-electron chi connectivity index (χ1n) is 5.66. The maximum atomic E-state index is 11.1. The fourth-order valence-corrected chi connectivity index (χ4v) is 1.66. The zero-order chi connectivity index (χ0) is 12.7. The average Bonchev–Trinajstić information content (AvgIpc) is 2.27. The first-order chi connectivity index (χ1) is 8.13. The van der Waals surface area contributed by atoms with Crippen molar-refractivity contribution < 1.29 is 9.53 Å². The number of hydrogen-bond donors (Lipinski definition) is 1. The van der Waals surface area contributed by atoms with Crippen LogP contribution in [0.25, 0.3) is 0 Å². The van der Waals surface area contributed by atoms with Crippen LogP contribution in [0.15, 0.2) is 18.2 Å². The van der Waals surface area contributed by atoms with Crippen LogP contribution in [-0.4, -0.2) is 24.9 Å². The normalized spacial score (nSPS) is 10.1. The van der Waals surface area contributed by atoms with Crippen LogP contribution in [0.2, 0.25) is 0 Å². The molecule has 0 unspecified atom stereocenters. The molecule has 0 spiro atoms. The molecule has 0 aliphatic carbocycles. The Bertz CT molecular complexity index is 380. The van der Waals surface area contributed by atoms with Crippen molar-refractivity contribution in [1.82, 2.24) is 5.32 Å². The third-order valence-corrected chi connectivity index (χ3v) is 2.52. The van der Waals surface area contributed by atoms with Gasteiger partial charge in [0.2, 0.25) is 5.91 Å². The Morgan fingerprint density at radius 2 is 2.18 bits per heavy atom. The van der Waals surface area contributed by atoms with E-state index in [1.54, 1.807) is 0 Å². The van der Waals surface area contributed by atoms with Gasteiger partial charge in [-0.15, -0.1) is 11.6 Å². The van der Waals surface area contributed by atoms with Crippen LogP contribution in [0.4, 0.5) is 0 Å². The van der Waals surface area contributed by atoms with E-state index in [-0.39, 0.29) is 5.91 Å². The van der Waals surface area contributed by atoms with E-state index in [1.807, 2.05) is 26.0 Å². The summed E-state index contributed by atoms with van der Waals surface area (Å²) in [5.41, 5.74) is 2.32. The molecule has 1 rings (SSSR count). The number of aryl methyl sites for hydroxylation is 2. The molecule has 0 aliphatic heterocycles. The molecule has 3 nitrogen and oxygen atoms in total. The monoisotopic (exact) mass is 255 g/mol. The van der Waals surface area contributed by atoms with Crippen LogP contribution in [0.5, 0.6) is 5.75 Å². The van der Waals surface area contributed by atoms with E-state index in [0.29, 0.717) is 25.5 Å². The molecule has 1 N–H and O–H groups in total. The second kappa shape index (κ2) is 7.17. The minimum atomic E-state index is -0.0378. The smallest absolute Gasteiger partial charge is 0.221 e. The van der Waals surface area contributed by atoms with Gasteiger partial charge in [-0.1, -0.05) is 17.7 Å². The Balaban J connectivity index is 2.29. The standard InChI is InChI=1S/C13H18ClNO2/c1-10-3-4-12(11(2)9-10)17-8-7-15-13(16)5-6-14/h3-4,9H,5-8H2,1-2H3,(H,15,16). The predicted molar refractivity (Wildman–Crippen MR) is 69.8 cm³/mol. The van der Waals surface area contributed by atoms with E-state index in [0.717, 1.165) is 11.3 Å². The summed E-state index contributed by atoms with van der Waals surface area (Å²) in [6.07, 6.45) is 0.352. The zero-order valence-electron chi connectivity index (χ0n) is 10.3. The van der Waals surface area contributed by atoms with Crippen LogP contribution in [0.1, 0.15) is 17.5 Å². The van der Waals surface area contributed by atoms with Crippen LogP contribution in [0.3, 0.4) is 0 Å². The molecule has 1 aromatic carbocycles. The van der Waals surface area contributed by atoms with Gasteiger partial charge in [0.15, 0.2) is 0 Å². The summed E-state index contributed by atoms with van der Waals surface area (Å²) in [4.78, 5) is 11.1. The Kier molecular flexibility index (Phi) is 5.84. The van der Waals surface area contributed by atoms with E-state index in [9.17, 15) is 4.79 Å². The maximum absolute atomic E-state index is 11.1. The first kappa shape index (κ1) is 13.8. The van der Waals surface area contributed by atoms with Gasteiger partial charge in [-0.2, -0.15) is 0 Å². The lowest BCUT2D eigenvalue weighted by molar-refractivity contribution is -0.120. The number of amides is 1. The van der Waals surface area contributed by atoms with Crippen molar-refractivity contribution in [3.05, 3.63) is 29.3 Å². The Morgan fingerprint density at radius 1 is 1.41 bits per heavy atom. The van der Waals surface area contributed by atoms with Crippen molar-refractivity contribution in [1.29, 1.82) is 0 Å². The van der Waals surface area contributed by atoms with Gasteiger partial charge in [-0.3, -0.25) is 4.79 Å². The van der Waals surface area contributed by atoms with E-state index >= 15 is 0 Å². The molecular formula is C13H18ClNO2. The summed E-state index contributed by atoms with van der Waals surface area (Å²) in [5.74, 6) is 1.18. The average molecular weight is 256 g/mol. The van der Waals surface area contributed by atoms with Crippen LogP contribution in [0, 0.1) is 13.8 Å². The summed E-state index contributed by atoms with van der Waals surface area (Å²) in [6, 6.07) is 6.03. The van der Waals surface area contributed by atoms with Gasteiger partial charge in [0.1, 0.15) is 12.4 Å². The highest BCUT2D eigenvalue weighted by Gasteiger charge is 2.01. The Hall–Kier alpha value is -1.22. The number of benzene rings is 1. The van der Waals surface area contributed by atoms with Gasteiger partial charge in [0.25, 0.3) is 0 Å². The molecule has 17 heavy (non-hydrogen) atoms. The molecule has 0 aliphatic rings. The highest BCUT2D eigenvalue weighted by Crippen LogP contribution is 2.18. The van der Waals surface area contributed by atoms with Gasteiger partial charge in [-0.05, 0) is 25.5 Å². The second-order valence-electron chi connectivity index (χ2n) is 3.91. The molecule has 0 bridgehead atoms. The van der Waals surface area contributed by atoms with E-state index in [1.165, 1.54) is 5.56 Å². The van der Waals surface area contributed by atoms with Crippen molar-refractivity contribution in [2.75, 3.05) is 19.0 Å². The van der Waals surface area contributed by atoms with Crippen molar-refractivity contribution >= 4 is 17.5 Å². The summed E-state index contributed by atoms with van der Waals surface area (Å²) < 4.78 is 5.57. The molecule has 94 valence electrons. The largest absolute Gasteiger partial charge is 0.491 e. The van der Waals surface area contributed by atoms with Crippen molar-refractivity contribution in [3.8, 4) is 5.75 Å². The molecule has 0 saturated heterocycles. The maximum Gasteiger partial charge on any atom is 0.221 e. The van der Waals surface area contributed by atoms with Gasteiger partial charge in [0, 0.05) is 12.3 Å². The minimum Gasteiger partial charge on any atom is -0.491 e. The van der Waals surface area contributed by atoms with Crippen LogP contribution in [-0.2, 0) is 4.79 Å². The Morgan fingerprint density at radius 3 is 2.82 bits per heavy atom. The van der Waals surface area contributed by atoms with E-state index in [4.69, 9.17) is 16.3 Å². The molecule has 0 heterocycles. The fraction of sp³-hybridized carbons (Fsp3) is 0.462. The van der Waals surface area contributed by atoms with Crippen molar-refractivity contribution in [2.24, 2.45) is 0 Å². The lowest BCUT2D eigenvalue weighted by atomic mass is 10.1. The lowest BCUT2D eigenvalue weighted by Crippen LogP contribution is -2.28. The molecule has 0 atom stereocenters. The van der Waals surface area contributed by atoms with E-state index in [2.05, 4.69) is 11.4 Å². The quantitative estimate of drug-likeness (QED) is 0.626. The molecule has 0 aromatic heterocycles. The zero-order valence-corrected chi connectivity index (χ0v) is 11.0. The topological polar surface area (TPSA) is 38.3 Å². The number of nitrogens with one attached hydrogen (secondary N) is 1. The summed E-state index contributed by atoms with van der Waals surface area (Å²) in [6.45, 7) is 5.03. The SMILES string of the molecule is Cc1ccc(OCCNC(=O)CCCl)c(C)c1. The number of rotatable bonds is 6. The third kappa shape index (κ3) is 5.09. The van der Waals surface area contributed by atoms with Gasteiger partial charge in [0.05, 0.1) is 6.54 Å². The number of carbonyl (C=O) groups excluding carboxylic acids is 1. The van der Waals surface area contributed by atoms with Crippen LogP contribution < -0.4 is 10.1 Å². The fourth-order valence-electron chi connectivity index (χ4n) is 1.49. The molecule has 0 radical (unpaired) electrons. The van der Waals surface area contributed by atoms with Gasteiger partial charge >= 0.3 is 0 Å². The predicted octanol–water partition coefficient (Wildman–Crippen LogP) is 2.43. The van der Waals surface area contributed by atoms with Crippen LogP contribution >= 0.6 is 11.6 Å². The molecule has 0 saturated carbocycles. The summed E-state index contributed by atoms with van der Waals surface area (Å²) in [7, 11) is 0. The van der Waals surface area contributed by atoms with Crippen molar-refractivity contribution in [2.45, 2.75) is 20.3 Å². The molecule has 1 aromatic rings. The number of halogens is 1. The summed E-state index contributed by atoms with van der Waals surface area (Å²) in [5, 5.41) is 2.74. The first-order valence-corrected chi connectivity index (χ1v) is 6.19. The second-order valence-corrected chi connectivity index (χ2v) is 4.28. The van der Waals surface area contributed by atoms with E-state index < -0.39 is 0 Å². The summed E-state index contributed by atoms with van der Waals surface area (Å²) >= 11 is 5.45. The molecule has 0 fully saturated rings. The number of ether oxygens (including phenoxy) is 1. The van der Waals surface area contributed by atoms with Gasteiger partial charge < -0.3 is 10.1 Å². The molecule has 4 heteroatoms. The molecule has 1 amide bonds. The highest BCUT2D eigenvalue weighted by molar-refractivity contribution is 6.18. The highest BCUT2D eigenvalue weighted by atomic mass is 35.5. The van der Waals surface area contributed by atoms with Crippen molar-refractivity contribution in [3.63, 3.8) is 0 Å². The third-order valence-electron chi connectivity index (χ3n) is 2.33. The Labute approximate surface area is 107 Å². The number of hydrogen-bond acceptors (Lipinski definition) is 2. The van der Waals surface area contributed by atoms with Gasteiger partial charge in [-0.25, -0.2) is 0 Å². The number of carbonyl (C=O) groups is 1. The minimum absolute atomic E-state index is 0.0378. The number of alkyl halides is 1. The lowest BCUT2D eigenvalue weighted by Gasteiger charge is -2.10.